The van der Waals surface area contributed by atoms with E-state index in [2.05, 4.69) is 17.1 Å². The molecular formula is C14H22BNO3S2. The van der Waals surface area contributed by atoms with E-state index in [1.165, 1.54) is 0 Å². The van der Waals surface area contributed by atoms with Crippen molar-refractivity contribution in [1.29, 1.82) is 0 Å². The Hall–Kier alpha value is -0.335. The van der Waals surface area contributed by atoms with Gasteiger partial charge in [0.25, 0.3) is 0 Å². The third-order valence-electron chi connectivity index (χ3n) is 3.91. The molecule has 116 valence electrons. The highest BCUT2D eigenvalue weighted by molar-refractivity contribution is 7.81. The van der Waals surface area contributed by atoms with Crippen LogP contribution in [0.1, 0.15) is 25.7 Å². The molecule has 7 heteroatoms. The average molecular weight is 327 g/mol. The van der Waals surface area contributed by atoms with Crippen molar-refractivity contribution in [3.05, 3.63) is 24.3 Å². The Balaban J connectivity index is 1.80. The fourth-order valence-electron chi connectivity index (χ4n) is 2.51. The van der Waals surface area contributed by atoms with Gasteiger partial charge in [0.1, 0.15) is 5.75 Å². The van der Waals surface area contributed by atoms with Crippen LogP contribution in [0.3, 0.4) is 0 Å². The van der Waals surface area contributed by atoms with E-state index < -0.39 is 7.12 Å². The second-order valence-corrected chi connectivity index (χ2v) is 7.09. The van der Waals surface area contributed by atoms with Crippen molar-refractivity contribution in [1.82, 2.24) is 4.31 Å². The molecule has 1 aliphatic rings. The molecule has 1 aromatic carbocycles. The zero-order valence-corrected chi connectivity index (χ0v) is 13.8. The Morgan fingerprint density at radius 1 is 1.19 bits per heavy atom. The lowest BCUT2D eigenvalue weighted by atomic mass is 9.80. The van der Waals surface area contributed by atoms with E-state index >= 15 is 0 Å². The normalized spacial score (nSPS) is 23.6. The van der Waals surface area contributed by atoms with E-state index in [1.54, 1.807) is 24.3 Å². The summed E-state index contributed by atoms with van der Waals surface area (Å²) in [6, 6.07) is 6.81. The van der Waals surface area contributed by atoms with Crippen LogP contribution in [0.25, 0.3) is 0 Å². The van der Waals surface area contributed by atoms with Crippen LogP contribution < -0.4 is 10.2 Å². The van der Waals surface area contributed by atoms with Gasteiger partial charge in [-0.05, 0) is 43.3 Å². The molecule has 1 heterocycles. The number of ether oxygens (including phenoxy) is 1. The number of hydrogen-bond donors (Lipinski definition) is 4. The Morgan fingerprint density at radius 3 is 2.57 bits per heavy atom. The molecule has 1 aliphatic heterocycles. The van der Waals surface area contributed by atoms with Crippen LogP contribution in [-0.2, 0) is 0 Å². The van der Waals surface area contributed by atoms with Crippen LogP contribution >= 0.6 is 25.4 Å². The molecule has 2 N–H and O–H groups in total. The molecule has 1 saturated heterocycles. The molecule has 0 amide bonds. The van der Waals surface area contributed by atoms with Gasteiger partial charge in [-0.1, -0.05) is 24.9 Å². The third-order valence-corrected chi connectivity index (χ3v) is 4.98. The first-order valence-electron chi connectivity index (χ1n) is 7.24. The smallest absolute Gasteiger partial charge is 0.488 e. The molecule has 0 radical (unpaired) electrons. The van der Waals surface area contributed by atoms with Gasteiger partial charge in [-0.2, -0.15) is 12.6 Å². The lowest BCUT2D eigenvalue weighted by molar-refractivity contribution is 0.282. The van der Waals surface area contributed by atoms with E-state index in [1.807, 2.05) is 0 Å². The predicted molar refractivity (Wildman–Crippen MR) is 92.5 cm³/mol. The maximum absolute atomic E-state index is 9.04. The fourth-order valence-corrected chi connectivity index (χ4v) is 3.10. The Labute approximate surface area is 137 Å². The highest BCUT2D eigenvalue weighted by Crippen LogP contribution is 2.32. The van der Waals surface area contributed by atoms with E-state index in [0.717, 1.165) is 44.5 Å². The summed E-state index contributed by atoms with van der Waals surface area (Å²) in [5.74, 6) is 0.737. The van der Waals surface area contributed by atoms with Gasteiger partial charge >= 0.3 is 7.12 Å². The predicted octanol–water partition coefficient (Wildman–Crippen LogP) is 1.13. The minimum atomic E-state index is -1.44. The molecule has 1 fully saturated rings. The highest BCUT2D eigenvalue weighted by atomic mass is 32.1. The molecular weight excluding hydrogens is 305 g/mol. The molecule has 0 bridgehead atoms. The summed E-state index contributed by atoms with van der Waals surface area (Å²) in [7, 11) is -1.44. The van der Waals surface area contributed by atoms with Crippen LogP contribution in [0.5, 0.6) is 5.75 Å². The van der Waals surface area contributed by atoms with Crippen molar-refractivity contribution in [2.24, 2.45) is 0 Å². The second-order valence-electron chi connectivity index (χ2n) is 5.57. The number of nitrogens with zero attached hydrogens (tertiary/aromatic N) is 1. The van der Waals surface area contributed by atoms with Crippen molar-refractivity contribution in [2.45, 2.75) is 30.4 Å². The van der Waals surface area contributed by atoms with Gasteiger partial charge in [-0.3, -0.25) is 4.31 Å². The van der Waals surface area contributed by atoms with Gasteiger partial charge in [-0.15, -0.1) is 0 Å². The maximum Gasteiger partial charge on any atom is 0.488 e. The molecule has 0 aromatic heterocycles. The van der Waals surface area contributed by atoms with Gasteiger partial charge in [0.05, 0.1) is 6.61 Å². The summed E-state index contributed by atoms with van der Waals surface area (Å²) in [5.41, 5.74) is 0.464. The number of rotatable bonds is 5. The zero-order valence-electron chi connectivity index (χ0n) is 12.0. The summed E-state index contributed by atoms with van der Waals surface area (Å²) in [4.78, 5) is 0. The van der Waals surface area contributed by atoms with Crippen molar-refractivity contribution >= 4 is 38.0 Å². The minimum absolute atomic E-state index is 0.0126. The van der Waals surface area contributed by atoms with Gasteiger partial charge in [0.2, 0.25) is 0 Å². The second kappa shape index (κ2) is 7.79. The van der Waals surface area contributed by atoms with Crippen molar-refractivity contribution in [2.75, 3.05) is 19.7 Å². The summed E-state index contributed by atoms with van der Waals surface area (Å²) in [6.07, 6.45) is 4.09. The van der Waals surface area contributed by atoms with E-state index in [4.69, 9.17) is 27.4 Å². The maximum atomic E-state index is 9.04. The minimum Gasteiger partial charge on any atom is -0.494 e. The molecule has 1 aromatic rings. The van der Waals surface area contributed by atoms with Crippen LogP contribution in [-0.4, -0.2) is 45.9 Å². The quantitative estimate of drug-likeness (QED) is 0.484. The first-order chi connectivity index (χ1) is 9.98. The van der Waals surface area contributed by atoms with Gasteiger partial charge in [-0.25, -0.2) is 0 Å². The molecule has 2 rings (SSSR count). The molecule has 4 nitrogen and oxygen atoms in total. The first-order valence-corrected chi connectivity index (χ1v) is 8.08. The lowest BCUT2D eigenvalue weighted by Gasteiger charge is -2.26. The van der Waals surface area contributed by atoms with E-state index in [9.17, 15) is 0 Å². The highest BCUT2D eigenvalue weighted by Gasteiger charge is 2.28. The van der Waals surface area contributed by atoms with Gasteiger partial charge < -0.3 is 14.8 Å². The molecule has 1 unspecified atom stereocenters. The van der Waals surface area contributed by atoms with Crippen molar-refractivity contribution in [3.63, 3.8) is 0 Å². The molecule has 0 aliphatic carbocycles. The summed E-state index contributed by atoms with van der Waals surface area (Å²) in [5, 5.41) is 18.1. The summed E-state index contributed by atoms with van der Waals surface area (Å²) >= 11 is 9.25. The number of hydrogen-bond acceptors (Lipinski definition) is 6. The summed E-state index contributed by atoms with van der Waals surface area (Å²) in [6.45, 7) is 2.57. The number of thiol groups is 2. The number of benzene rings is 1. The van der Waals surface area contributed by atoms with E-state index in [-0.39, 0.29) is 4.75 Å². The fraction of sp³-hybridized carbons (Fsp3) is 0.571. The molecule has 0 spiro atoms. The Morgan fingerprint density at radius 2 is 1.90 bits per heavy atom. The Bertz CT molecular complexity index is 446. The molecule has 1 atom stereocenters. The molecule has 0 saturated carbocycles. The van der Waals surface area contributed by atoms with Gasteiger partial charge in [0.15, 0.2) is 0 Å². The molecule has 21 heavy (non-hydrogen) atoms. The van der Waals surface area contributed by atoms with Crippen LogP contribution in [0.4, 0.5) is 0 Å². The van der Waals surface area contributed by atoms with Gasteiger partial charge in [0, 0.05) is 17.8 Å². The van der Waals surface area contributed by atoms with Crippen LogP contribution in [0, 0.1) is 0 Å². The van der Waals surface area contributed by atoms with Crippen molar-refractivity contribution < 1.29 is 14.8 Å². The largest absolute Gasteiger partial charge is 0.494 e. The standard InChI is InChI=1S/C14H22BNO3S2/c17-15(18)12-2-4-13(5-3-12)19-11-8-14(20)6-1-9-16(21)10-7-14/h2-5,17-18,20-21H,1,6-11H2. The van der Waals surface area contributed by atoms with Crippen molar-refractivity contribution in [3.8, 4) is 5.75 Å². The van der Waals surface area contributed by atoms with E-state index in [0.29, 0.717) is 12.1 Å². The first kappa shape index (κ1) is 17.0. The Kier molecular flexibility index (Phi) is 6.31. The van der Waals surface area contributed by atoms with Crippen LogP contribution in [0.15, 0.2) is 24.3 Å². The average Bonchev–Trinajstić information content (AvgIpc) is 2.62. The SMILES string of the molecule is OB(O)c1ccc(OCCC2(S)CCCN(S)CC2)cc1. The third kappa shape index (κ3) is 5.41. The van der Waals surface area contributed by atoms with Crippen LogP contribution in [0.2, 0.25) is 0 Å². The lowest BCUT2D eigenvalue weighted by Crippen LogP contribution is -2.29. The monoisotopic (exact) mass is 327 g/mol. The zero-order chi connectivity index (χ0) is 15.3. The topological polar surface area (TPSA) is 52.9 Å². The summed E-state index contributed by atoms with van der Waals surface area (Å²) < 4.78 is 7.80.